The third-order valence-corrected chi connectivity index (χ3v) is 4.68. The molecule has 0 radical (unpaired) electrons. The fourth-order valence-electron chi connectivity index (χ4n) is 2.17. The normalized spacial score (nSPS) is 12.4. The van der Waals surface area contributed by atoms with Crippen LogP contribution in [0.3, 0.4) is 0 Å². The van der Waals surface area contributed by atoms with Gasteiger partial charge in [-0.1, -0.05) is 13.8 Å². The number of aromatic nitrogens is 3. The second-order valence-electron chi connectivity index (χ2n) is 5.53. The van der Waals surface area contributed by atoms with E-state index < -0.39 is 17.8 Å². The molecule has 0 bridgehead atoms. The smallest absolute Gasteiger partial charge is 0.268 e. The number of nitrogens with zero attached hydrogens (tertiary/aromatic N) is 2. The van der Waals surface area contributed by atoms with E-state index in [0.29, 0.717) is 20.9 Å². The van der Waals surface area contributed by atoms with Gasteiger partial charge in [-0.3, -0.25) is 4.79 Å². The van der Waals surface area contributed by atoms with Gasteiger partial charge in [0.25, 0.3) is 5.56 Å². The third kappa shape index (κ3) is 3.31. The van der Waals surface area contributed by atoms with E-state index in [1.54, 1.807) is 6.07 Å². The highest BCUT2D eigenvalue weighted by molar-refractivity contribution is 7.22. The summed E-state index contributed by atoms with van der Waals surface area (Å²) < 4.78 is 27.4. The summed E-state index contributed by atoms with van der Waals surface area (Å²) in [4.78, 5) is 22.9. The average Bonchev–Trinajstić information content (AvgIpc) is 2.93. The van der Waals surface area contributed by atoms with E-state index in [9.17, 15) is 13.6 Å². The summed E-state index contributed by atoms with van der Waals surface area (Å²) in [6.45, 7) is 3.84. The van der Waals surface area contributed by atoms with Gasteiger partial charge in [0.15, 0.2) is 0 Å². The van der Waals surface area contributed by atoms with Crippen molar-refractivity contribution in [1.82, 2.24) is 15.0 Å². The molecule has 0 saturated carbocycles. The minimum absolute atomic E-state index is 0. The van der Waals surface area contributed by atoms with Crippen LogP contribution < -0.4 is 11.3 Å². The molecule has 3 N–H and O–H groups in total. The number of halogens is 3. The van der Waals surface area contributed by atoms with Crippen LogP contribution in [0.1, 0.15) is 25.7 Å². The maximum absolute atomic E-state index is 13.8. The molecule has 0 aromatic carbocycles. The van der Waals surface area contributed by atoms with Crippen LogP contribution >= 0.6 is 23.7 Å². The van der Waals surface area contributed by atoms with Crippen molar-refractivity contribution in [2.75, 3.05) is 0 Å². The lowest BCUT2D eigenvalue weighted by atomic mass is 10.1. The maximum atomic E-state index is 13.8. The SMILES string of the molecule is CC(C)C(N)c1nc2cc(-c3cc(F)ncc3F)sc2c(=O)[nH]1.Cl. The molecule has 9 heteroatoms. The molecule has 24 heavy (non-hydrogen) atoms. The topological polar surface area (TPSA) is 84.7 Å². The van der Waals surface area contributed by atoms with Gasteiger partial charge in [-0.2, -0.15) is 4.39 Å². The molecule has 0 fully saturated rings. The first kappa shape index (κ1) is 18.4. The Balaban J connectivity index is 0.00000208. The molecule has 0 amide bonds. The van der Waals surface area contributed by atoms with Gasteiger partial charge in [-0.05, 0) is 12.0 Å². The van der Waals surface area contributed by atoms with Crippen LogP contribution in [0.15, 0.2) is 23.1 Å². The highest BCUT2D eigenvalue weighted by Gasteiger charge is 2.18. The first-order valence-electron chi connectivity index (χ1n) is 6.97. The second kappa shape index (κ2) is 6.92. The average molecular weight is 373 g/mol. The zero-order chi connectivity index (χ0) is 16.7. The Kier molecular flexibility index (Phi) is 5.32. The van der Waals surface area contributed by atoms with Gasteiger partial charge in [0, 0.05) is 16.5 Å². The molecule has 3 aromatic heterocycles. The Hall–Kier alpha value is -1.90. The molecule has 3 heterocycles. The molecule has 5 nitrogen and oxygen atoms in total. The molecule has 0 aliphatic rings. The zero-order valence-corrected chi connectivity index (χ0v) is 14.5. The summed E-state index contributed by atoms with van der Waals surface area (Å²) in [7, 11) is 0. The number of rotatable bonds is 3. The van der Waals surface area contributed by atoms with E-state index in [1.807, 2.05) is 13.8 Å². The molecular weight excluding hydrogens is 358 g/mol. The Morgan fingerprint density at radius 3 is 2.67 bits per heavy atom. The van der Waals surface area contributed by atoms with Crippen molar-refractivity contribution in [1.29, 1.82) is 0 Å². The van der Waals surface area contributed by atoms with Crippen LogP contribution in [-0.2, 0) is 0 Å². The van der Waals surface area contributed by atoms with E-state index in [0.717, 1.165) is 23.6 Å². The number of aromatic amines is 1. The van der Waals surface area contributed by atoms with Crippen molar-refractivity contribution in [3.8, 4) is 10.4 Å². The minimum atomic E-state index is -0.789. The Labute approximate surface area is 146 Å². The molecular formula is C15H15ClF2N4OS. The number of thiophene rings is 1. The van der Waals surface area contributed by atoms with Crippen molar-refractivity contribution in [2.24, 2.45) is 11.7 Å². The largest absolute Gasteiger partial charge is 0.321 e. The maximum Gasteiger partial charge on any atom is 0.268 e. The third-order valence-electron chi connectivity index (χ3n) is 3.52. The van der Waals surface area contributed by atoms with Crippen LogP contribution in [0.5, 0.6) is 0 Å². The number of hydrogen-bond acceptors (Lipinski definition) is 5. The first-order chi connectivity index (χ1) is 10.9. The molecule has 1 atom stereocenters. The molecule has 0 aliphatic heterocycles. The lowest BCUT2D eigenvalue weighted by Crippen LogP contribution is -2.23. The number of fused-ring (bicyclic) bond motifs is 1. The number of nitrogens with one attached hydrogen (secondary N) is 1. The van der Waals surface area contributed by atoms with Crippen LogP contribution in [-0.4, -0.2) is 15.0 Å². The Morgan fingerprint density at radius 2 is 2.00 bits per heavy atom. The van der Waals surface area contributed by atoms with Gasteiger partial charge in [0.1, 0.15) is 16.3 Å². The molecule has 3 rings (SSSR count). The summed E-state index contributed by atoms with van der Waals surface area (Å²) in [5, 5.41) is 0. The summed E-state index contributed by atoms with van der Waals surface area (Å²) in [6.07, 6.45) is 0.812. The lowest BCUT2D eigenvalue weighted by Gasteiger charge is -2.13. The molecule has 1 unspecified atom stereocenters. The summed E-state index contributed by atoms with van der Waals surface area (Å²) in [5.41, 5.74) is 6.14. The van der Waals surface area contributed by atoms with Crippen LogP contribution in [0.2, 0.25) is 0 Å². The summed E-state index contributed by atoms with van der Waals surface area (Å²) >= 11 is 1.05. The van der Waals surface area contributed by atoms with Gasteiger partial charge in [-0.25, -0.2) is 14.4 Å². The summed E-state index contributed by atoms with van der Waals surface area (Å²) in [5.74, 6) is -0.972. The van der Waals surface area contributed by atoms with E-state index in [2.05, 4.69) is 15.0 Å². The zero-order valence-electron chi connectivity index (χ0n) is 12.8. The van der Waals surface area contributed by atoms with Crippen molar-refractivity contribution in [3.05, 3.63) is 46.3 Å². The van der Waals surface area contributed by atoms with Gasteiger partial charge >= 0.3 is 0 Å². The van der Waals surface area contributed by atoms with Crippen molar-refractivity contribution in [3.63, 3.8) is 0 Å². The fourth-order valence-corrected chi connectivity index (χ4v) is 3.18. The molecule has 0 saturated heterocycles. The van der Waals surface area contributed by atoms with Crippen molar-refractivity contribution < 1.29 is 8.78 Å². The molecule has 128 valence electrons. The second-order valence-corrected chi connectivity index (χ2v) is 6.59. The van der Waals surface area contributed by atoms with E-state index >= 15 is 0 Å². The van der Waals surface area contributed by atoms with Crippen molar-refractivity contribution >= 4 is 34.0 Å². The number of nitrogens with two attached hydrogens (primary N) is 1. The van der Waals surface area contributed by atoms with E-state index in [1.165, 1.54) is 0 Å². The highest BCUT2D eigenvalue weighted by Crippen LogP contribution is 2.33. The van der Waals surface area contributed by atoms with Crippen LogP contribution in [0.25, 0.3) is 20.7 Å². The van der Waals surface area contributed by atoms with E-state index in [-0.39, 0.29) is 29.4 Å². The minimum Gasteiger partial charge on any atom is -0.321 e. The molecule has 0 aliphatic carbocycles. The van der Waals surface area contributed by atoms with Crippen LogP contribution in [0, 0.1) is 17.7 Å². The quantitative estimate of drug-likeness (QED) is 0.690. The van der Waals surface area contributed by atoms with E-state index in [4.69, 9.17) is 5.73 Å². The van der Waals surface area contributed by atoms with Crippen molar-refractivity contribution in [2.45, 2.75) is 19.9 Å². The fraction of sp³-hybridized carbons (Fsp3) is 0.267. The predicted octanol–water partition coefficient (Wildman–Crippen LogP) is 3.40. The van der Waals surface area contributed by atoms with Gasteiger partial charge in [0.05, 0.1) is 17.8 Å². The monoisotopic (exact) mass is 372 g/mol. The number of H-pyrrole nitrogens is 1. The molecule has 3 aromatic rings. The van der Waals surface area contributed by atoms with Gasteiger partial charge < -0.3 is 10.7 Å². The number of pyridine rings is 1. The first-order valence-corrected chi connectivity index (χ1v) is 7.79. The predicted molar refractivity (Wildman–Crippen MR) is 92.4 cm³/mol. The summed E-state index contributed by atoms with van der Waals surface area (Å²) in [6, 6.07) is 2.14. The highest BCUT2D eigenvalue weighted by atomic mass is 35.5. The Morgan fingerprint density at radius 1 is 1.29 bits per heavy atom. The van der Waals surface area contributed by atoms with Gasteiger partial charge in [0.2, 0.25) is 5.95 Å². The molecule has 0 spiro atoms. The number of hydrogen-bond donors (Lipinski definition) is 2. The standard InChI is InChI=1S/C15H14F2N4OS.ClH/c1-6(2)12(18)14-20-9-4-10(23-13(9)15(22)21-14)7-3-11(17)19-5-8(7)16;/h3-6,12H,18H2,1-2H3,(H,20,21,22);1H. The van der Waals surface area contributed by atoms with Crippen LogP contribution in [0.4, 0.5) is 8.78 Å². The van der Waals surface area contributed by atoms with Gasteiger partial charge in [-0.15, -0.1) is 23.7 Å². The Bertz CT molecular complexity index is 941. The lowest BCUT2D eigenvalue weighted by molar-refractivity contribution is 0.491.